The zero-order valence-electron chi connectivity index (χ0n) is 21.4. The van der Waals surface area contributed by atoms with Crippen LogP contribution in [0.4, 0.5) is 27.8 Å². The number of rotatable bonds is 3. The number of fused-ring (bicyclic) bond motifs is 1. The third-order valence-electron chi connectivity index (χ3n) is 6.48. The molecular formula is C27H26F5N5O2. The van der Waals surface area contributed by atoms with Crippen LogP contribution in [0.25, 0.3) is 22.2 Å². The van der Waals surface area contributed by atoms with Gasteiger partial charge in [-0.05, 0) is 70.6 Å². The smallest absolute Gasteiger partial charge is 0.418 e. The number of halogens is 5. The van der Waals surface area contributed by atoms with Crippen molar-refractivity contribution in [3.8, 4) is 22.9 Å². The second-order valence-electron chi connectivity index (χ2n) is 9.24. The van der Waals surface area contributed by atoms with E-state index in [0.29, 0.717) is 6.20 Å². The number of benzene rings is 1. The Kier molecular flexibility index (Phi) is 7.86. The van der Waals surface area contributed by atoms with E-state index in [4.69, 9.17) is 10.5 Å². The first-order chi connectivity index (χ1) is 18.4. The number of nitrogen functional groups attached to an aromatic ring is 1. The molecule has 206 valence electrons. The van der Waals surface area contributed by atoms with Gasteiger partial charge >= 0.3 is 6.18 Å². The maximum atomic E-state index is 14.0. The van der Waals surface area contributed by atoms with Gasteiger partial charge in [-0.1, -0.05) is 0 Å². The Morgan fingerprint density at radius 3 is 2.36 bits per heavy atom. The van der Waals surface area contributed by atoms with E-state index >= 15 is 0 Å². The van der Waals surface area contributed by atoms with Crippen LogP contribution in [0.2, 0.25) is 0 Å². The zero-order chi connectivity index (χ0) is 28.5. The third kappa shape index (κ3) is 5.85. The van der Waals surface area contributed by atoms with Crippen molar-refractivity contribution in [3.63, 3.8) is 0 Å². The molecule has 39 heavy (non-hydrogen) atoms. The summed E-state index contributed by atoms with van der Waals surface area (Å²) >= 11 is 0. The van der Waals surface area contributed by atoms with Gasteiger partial charge in [-0.3, -0.25) is 4.79 Å². The molecule has 0 spiro atoms. The van der Waals surface area contributed by atoms with E-state index in [9.17, 15) is 26.7 Å². The normalized spacial score (nSPS) is 13.8. The summed E-state index contributed by atoms with van der Waals surface area (Å²) < 4.78 is 73.8. The summed E-state index contributed by atoms with van der Waals surface area (Å²) in [6, 6.07) is 4.44. The number of pyridine rings is 3. The zero-order valence-corrected chi connectivity index (χ0v) is 21.4. The van der Waals surface area contributed by atoms with Crippen LogP contribution in [-0.4, -0.2) is 40.0 Å². The van der Waals surface area contributed by atoms with Crippen molar-refractivity contribution in [2.45, 2.75) is 32.9 Å². The second-order valence-corrected chi connectivity index (χ2v) is 9.24. The number of likely N-dealkylation sites (tertiary alicyclic amines) is 1. The Hall–Kier alpha value is -4.06. The Labute approximate surface area is 220 Å². The molecule has 0 amide bonds. The maximum absolute atomic E-state index is 14.0. The van der Waals surface area contributed by atoms with Gasteiger partial charge in [0.1, 0.15) is 11.6 Å². The van der Waals surface area contributed by atoms with Crippen molar-refractivity contribution in [2.75, 3.05) is 25.9 Å². The molecule has 4 aromatic rings. The Morgan fingerprint density at radius 1 is 1.05 bits per heavy atom. The minimum Gasteiger partial charge on any atom is -0.438 e. The lowest BCUT2D eigenvalue weighted by molar-refractivity contribution is -0.138. The largest absolute Gasteiger partial charge is 0.438 e. The molecule has 12 heteroatoms. The number of anilines is 1. The number of H-pyrrole nitrogens is 1. The lowest BCUT2D eigenvalue weighted by Gasteiger charge is -2.18. The van der Waals surface area contributed by atoms with E-state index < -0.39 is 28.8 Å². The van der Waals surface area contributed by atoms with Gasteiger partial charge in [0, 0.05) is 24.0 Å². The van der Waals surface area contributed by atoms with Gasteiger partial charge in [0.05, 0.1) is 27.7 Å². The van der Waals surface area contributed by atoms with Gasteiger partial charge in [-0.25, -0.2) is 18.7 Å². The second kappa shape index (κ2) is 11.0. The van der Waals surface area contributed by atoms with E-state index in [0.717, 1.165) is 18.2 Å². The fourth-order valence-corrected chi connectivity index (χ4v) is 4.34. The fourth-order valence-electron chi connectivity index (χ4n) is 4.34. The van der Waals surface area contributed by atoms with Crippen molar-refractivity contribution >= 4 is 16.7 Å². The number of ether oxygens (including phenoxy) is 1. The molecule has 5 rings (SSSR count). The molecular weight excluding hydrogens is 521 g/mol. The highest BCUT2D eigenvalue weighted by molar-refractivity contribution is 5.90. The Balaban J connectivity index is 0.000000519. The molecule has 3 N–H and O–H groups in total. The average molecular weight is 548 g/mol. The molecule has 4 heterocycles. The van der Waals surface area contributed by atoms with E-state index in [1.165, 1.54) is 52.0 Å². The number of aromatic nitrogens is 3. The summed E-state index contributed by atoms with van der Waals surface area (Å²) in [4.78, 5) is 25.5. The summed E-state index contributed by atoms with van der Waals surface area (Å²) in [5.74, 6) is -2.82. The average Bonchev–Trinajstić information content (AvgIpc) is 3.34. The number of hydrogen-bond acceptors (Lipinski definition) is 6. The van der Waals surface area contributed by atoms with Crippen LogP contribution in [0.3, 0.4) is 0 Å². The van der Waals surface area contributed by atoms with Gasteiger partial charge in [-0.2, -0.15) is 13.2 Å². The molecule has 1 aromatic carbocycles. The summed E-state index contributed by atoms with van der Waals surface area (Å²) in [7, 11) is 2.17. The van der Waals surface area contributed by atoms with E-state index in [1.54, 1.807) is 0 Å². The molecule has 3 aromatic heterocycles. The van der Waals surface area contributed by atoms with Crippen molar-refractivity contribution in [2.24, 2.45) is 0 Å². The number of nitrogens with one attached hydrogen (secondary N) is 1. The maximum Gasteiger partial charge on any atom is 0.418 e. The molecule has 1 fully saturated rings. The lowest BCUT2D eigenvalue weighted by atomic mass is 10.0. The monoisotopic (exact) mass is 547 g/mol. The molecule has 0 aliphatic carbocycles. The van der Waals surface area contributed by atoms with Crippen LogP contribution in [0.1, 0.15) is 29.5 Å². The first-order valence-electron chi connectivity index (χ1n) is 12.0. The van der Waals surface area contributed by atoms with Gasteiger partial charge in [0.25, 0.3) is 0 Å². The molecule has 1 aliphatic heterocycles. The topological polar surface area (TPSA) is 97.1 Å². The van der Waals surface area contributed by atoms with Gasteiger partial charge in [-0.15, -0.1) is 0 Å². The predicted molar refractivity (Wildman–Crippen MR) is 138 cm³/mol. The summed E-state index contributed by atoms with van der Waals surface area (Å²) in [5, 5.41) is 0.0674. The summed E-state index contributed by atoms with van der Waals surface area (Å²) in [5.41, 5.74) is 3.64. The molecule has 0 saturated carbocycles. The number of nitrogens with zero attached hydrogens (tertiary/aromatic N) is 3. The quantitative estimate of drug-likeness (QED) is 0.306. The first-order valence-corrected chi connectivity index (χ1v) is 12.0. The fraction of sp³-hybridized carbons (Fsp3) is 0.296. The highest BCUT2D eigenvalue weighted by Gasteiger charge is 2.35. The summed E-state index contributed by atoms with van der Waals surface area (Å²) in [6.45, 7) is 5.08. The molecule has 0 atom stereocenters. The molecule has 1 saturated heterocycles. The van der Waals surface area contributed by atoms with Crippen molar-refractivity contribution in [1.29, 1.82) is 0 Å². The molecule has 0 radical (unpaired) electrons. The van der Waals surface area contributed by atoms with Crippen molar-refractivity contribution < 1.29 is 26.7 Å². The Morgan fingerprint density at radius 2 is 1.74 bits per heavy atom. The Bertz CT molecular complexity index is 1580. The number of aromatic amines is 1. The molecule has 0 bridgehead atoms. The number of hydrogen-bond donors (Lipinski definition) is 2. The van der Waals surface area contributed by atoms with Gasteiger partial charge in [0.2, 0.25) is 5.88 Å². The standard InChI is InChI=1S/C22H15F5N4O2.C5H11N/c1-9-11(22(25,26)27)8-30-21(33-16-4-3-12(23)19(24)10(16)2)17(9)14-7-15(32)18-13(31-14)5-6-29-20(18)28;1-6-4-2-3-5-6/h3-8H,1-2H3,(H2,28,29)(H,31,32);2-5H2,1H3. The van der Waals surface area contributed by atoms with E-state index in [2.05, 4.69) is 26.9 Å². The highest BCUT2D eigenvalue weighted by atomic mass is 19.4. The first kappa shape index (κ1) is 28.0. The van der Waals surface area contributed by atoms with Crippen LogP contribution in [-0.2, 0) is 6.18 Å². The highest BCUT2D eigenvalue weighted by Crippen LogP contribution is 2.41. The van der Waals surface area contributed by atoms with Crippen LogP contribution < -0.4 is 15.9 Å². The molecule has 0 unspecified atom stereocenters. The lowest BCUT2D eigenvalue weighted by Crippen LogP contribution is -2.12. The molecule has 1 aliphatic rings. The number of alkyl halides is 3. The van der Waals surface area contributed by atoms with Crippen molar-refractivity contribution in [1.82, 2.24) is 19.9 Å². The van der Waals surface area contributed by atoms with Gasteiger partial charge < -0.3 is 20.4 Å². The van der Waals surface area contributed by atoms with E-state index in [1.807, 2.05) is 0 Å². The molecule has 7 nitrogen and oxygen atoms in total. The third-order valence-corrected chi connectivity index (χ3v) is 6.48. The van der Waals surface area contributed by atoms with Crippen LogP contribution in [0.15, 0.2) is 41.5 Å². The number of nitrogens with two attached hydrogens (primary N) is 1. The van der Waals surface area contributed by atoms with Gasteiger partial charge in [0.15, 0.2) is 17.1 Å². The summed E-state index contributed by atoms with van der Waals surface area (Å²) in [6.07, 6.45) is -0.0120. The minimum atomic E-state index is -4.74. The minimum absolute atomic E-state index is 0.0376. The predicted octanol–water partition coefficient (Wildman–Crippen LogP) is 5.99. The van der Waals surface area contributed by atoms with Crippen LogP contribution in [0.5, 0.6) is 11.6 Å². The van der Waals surface area contributed by atoms with Crippen molar-refractivity contribution in [3.05, 3.63) is 75.2 Å². The van der Waals surface area contributed by atoms with Crippen LogP contribution in [0, 0.1) is 25.5 Å². The SMILES string of the molecule is CN1CCCC1.Cc1c(Oc2ncc(C(F)(F)F)c(C)c2-c2cc(=O)c3c(N)nccc3[nH]2)ccc(F)c1F. The van der Waals surface area contributed by atoms with Crippen LogP contribution >= 0.6 is 0 Å². The van der Waals surface area contributed by atoms with E-state index in [-0.39, 0.29) is 50.7 Å².